The fraction of sp³-hybridized carbons (Fsp3) is 0.200. The third-order valence-corrected chi connectivity index (χ3v) is 5.84. The predicted molar refractivity (Wildman–Crippen MR) is 131 cm³/mol. The first kappa shape index (κ1) is 24.8. The lowest BCUT2D eigenvalue weighted by molar-refractivity contribution is -0.136. The van der Waals surface area contributed by atoms with E-state index in [-0.39, 0.29) is 39.9 Å². The summed E-state index contributed by atoms with van der Waals surface area (Å²) < 4.78 is 45.1. The molecule has 1 aromatic carbocycles. The lowest BCUT2D eigenvalue weighted by Crippen LogP contribution is -2.12. The van der Waals surface area contributed by atoms with Crippen molar-refractivity contribution in [1.82, 2.24) is 34.5 Å². The van der Waals surface area contributed by atoms with Crippen LogP contribution >= 0.6 is 0 Å². The Hall–Kier alpha value is -4.83. The second kappa shape index (κ2) is 9.24. The Balaban J connectivity index is 1.65. The lowest BCUT2D eigenvalue weighted by atomic mass is 10.1. The molecule has 0 bridgehead atoms. The maximum absolute atomic E-state index is 14.1. The number of halogens is 3. The molecule has 13 heteroatoms. The molecule has 0 aliphatic carbocycles. The number of hydrogen-bond acceptors (Lipinski definition) is 8. The number of pyridine rings is 1. The molecule has 192 valence electrons. The Bertz CT molecular complexity index is 1700. The van der Waals surface area contributed by atoms with Gasteiger partial charge < -0.3 is 10.4 Å². The summed E-state index contributed by atoms with van der Waals surface area (Å²) in [4.78, 5) is 8.89. The number of rotatable bonds is 5. The van der Waals surface area contributed by atoms with Crippen molar-refractivity contribution in [2.75, 3.05) is 5.32 Å². The molecule has 0 saturated heterocycles. The largest absolute Gasteiger partial charge is 0.418 e. The van der Waals surface area contributed by atoms with E-state index in [1.807, 2.05) is 6.07 Å². The van der Waals surface area contributed by atoms with Gasteiger partial charge in [-0.1, -0.05) is 0 Å². The minimum absolute atomic E-state index is 0.159. The number of benzene rings is 1. The highest BCUT2D eigenvalue weighted by atomic mass is 19.4. The summed E-state index contributed by atoms with van der Waals surface area (Å²) in [5, 5.41) is 34.2. The van der Waals surface area contributed by atoms with Crippen LogP contribution in [0.25, 0.3) is 22.7 Å². The first-order valence-corrected chi connectivity index (χ1v) is 11.4. The summed E-state index contributed by atoms with van der Waals surface area (Å²) in [6.45, 7) is 5.00. The van der Waals surface area contributed by atoms with Crippen molar-refractivity contribution < 1.29 is 18.3 Å². The molecule has 1 atom stereocenters. The first-order chi connectivity index (χ1) is 18.0. The fourth-order valence-corrected chi connectivity index (χ4v) is 4.00. The van der Waals surface area contributed by atoms with Crippen molar-refractivity contribution >= 4 is 22.5 Å². The Morgan fingerprint density at radius 1 is 1.08 bits per heavy atom. The van der Waals surface area contributed by atoms with Gasteiger partial charge in [0.1, 0.15) is 18.2 Å². The third kappa shape index (κ3) is 4.53. The van der Waals surface area contributed by atoms with Crippen molar-refractivity contribution in [3.05, 3.63) is 77.0 Å². The number of alkyl halides is 3. The molecule has 2 N–H and O–H groups in total. The van der Waals surface area contributed by atoms with Gasteiger partial charge in [-0.3, -0.25) is 4.57 Å². The van der Waals surface area contributed by atoms with E-state index in [1.165, 1.54) is 27.7 Å². The number of aliphatic hydroxyl groups excluding tert-OH is 1. The second-order valence-electron chi connectivity index (χ2n) is 8.64. The minimum atomic E-state index is -4.68. The molecule has 0 aliphatic rings. The number of aryl methyl sites for hydroxylation is 2. The molecule has 10 nitrogen and oxygen atoms in total. The van der Waals surface area contributed by atoms with Gasteiger partial charge in [-0.25, -0.2) is 14.6 Å². The molecule has 5 rings (SSSR count). The van der Waals surface area contributed by atoms with Gasteiger partial charge in [0, 0.05) is 11.3 Å². The number of nitriles is 1. The summed E-state index contributed by atoms with van der Waals surface area (Å²) in [6.07, 6.45) is -4.24. The summed E-state index contributed by atoms with van der Waals surface area (Å²) in [6, 6.07) is 12.2. The average molecular weight is 519 g/mol. The van der Waals surface area contributed by atoms with E-state index in [0.717, 1.165) is 6.07 Å². The Morgan fingerprint density at radius 2 is 1.87 bits per heavy atom. The Kier molecular flexibility index (Phi) is 6.04. The van der Waals surface area contributed by atoms with Gasteiger partial charge >= 0.3 is 6.18 Å². The van der Waals surface area contributed by atoms with Crippen LogP contribution in [-0.4, -0.2) is 39.6 Å². The van der Waals surface area contributed by atoms with Crippen LogP contribution in [0.3, 0.4) is 0 Å². The summed E-state index contributed by atoms with van der Waals surface area (Å²) in [7, 11) is 0. The standard InChI is InChI=1S/C25H20F3N9O/c1-13-4-6-22(34-33-13)31-19-10-20-21(9-18(19)25(26,27)28)36(12-30-20)23-7-5-17(15(3)38)24(32-23)37-14(2)8-16(11-29)35-37/h4-10,12,15,38H,1-3H3,(H,31,34). The average Bonchev–Trinajstić information content (AvgIpc) is 3.46. The molecule has 4 heterocycles. The molecule has 0 saturated carbocycles. The van der Waals surface area contributed by atoms with Crippen LogP contribution in [0.5, 0.6) is 0 Å². The first-order valence-electron chi connectivity index (χ1n) is 11.4. The van der Waals surface area contributed by atoms with Gasteiger partial charge in [-0.15, -0.1) is 5.10 Å². The highest BCUT2D eigenvalue weighted by Gasteiger charge is 2.35. The number of anilines is 2. The molecule has 0 aliphatic heterocycles. The SMILES string of the molecule is Cc1ccc(Nc2cc3ncn(-c4ccc(C(C)O)c(-n5nc(C#N)cc5C)n4)c3cc2C(F)(F)F)nn1. The van der Waals surface area contributed by atoms with Gasteiger partial charge in [0.05, 0.1) is 34.1 Å². The molecule has 5 aromatic rings. The number of hydrogen-bond donors (Lipinski definition) is 2. The van der Waals surface area contributed by atoms with Crippen LogP contribution in [0, 0.1) is 25.2 Å². The number of nitrogens with one attached hydrogen (secondary N) is 1. The molecule has 0 fully saturated rings. The summed E-state index contributed by atoms with van der Waals surface area (Å²) >= 11 is 0. The highest BCUT2D eigenvalue weighted by Crippen LogP contribution is 2.38. The van der Waals surface area contributed by atoms with Crippen molar-refractivity contribution in [3.8, 4) is 17.7 Å². The summed E-state index contributed by atoms with van der Waals surface area (Å²) in [5.74, 6) is 0.649. The molecule has 0 spiro atoms. The van der Waals surface area contributed by atoms with Crippen molar-refractivity contribution in [1.29, 1.82) is 5.26 Å². The van der Waals surface area contributed by atoms with Crippen LogP contribution in [0.4, 0.5) is 24.7 Å². The quantitative estimate of drug-likeness (QED) is 0.342. The number of aliphatic hydroxyl groups is 1. The Morgan fingerprint density at radius 3 is 2.50 bits per heavy atom. The molecule has 1 unspecified atom stereocenters. The zero-order chi connectivity index (χ0) is 27.2. The molecule has 4 aromatic heterocycles. The van der Waals surface area contributed by atoms with E-state index in [4.69, 9.17) is 0 Å². The van der Waals surface area contributed by atoms with Gasteiger partial charge in [0.15, 0.2) is 17.3 Å². The van der Waals surface area contributed by atoms with E-state index in [1.54, 1.807) is 45.0 Å². The number of nitrogens with zero attached hydrogens (tertiary/aromatic N) is 8. The highest BCUT2D eigenvalue weighted by molar-refractivity contribution is 5.84. The van der Waals surface area contributed by atoms with E-state index in [9.17, 15) is 23.5 Å². The third-order valence-electron chi connectivity index (χ3n) is 5.84. The fourth-order valence-electron chi connectivity index (χ4n) is 4.00. The number of imidazole rings is 1. The second-order valence-corrected chi connectivity index (χ2v) is 8.64. The van der Waals surface area contributed by atoms with Gasteiger partial charge in [-0.2, -0.15) is 28.6 Å². The van der Waals surface area contributed by atoms with Gasteiger partial charge in [0.2, 0.25) is 0 Å². The van der Waals surface area contributed by atoms with Crippen LogP contribution < -0.4 is 5.32 Å². The lowest BCUT2D eigenvalue weighted by Gasteiger charge is -2.16. The molecule has 0 amide bonds. The normalized spacial score (nSPS) is 12.5. The molecule has 38 heavy (non-hydrogen) atoms. The van der Waals surface area contributed by atoms with E-state index < -0.39 is 17.8 Å². The van der Waals surface area contributed by atoms with Crippen LogP contribution in [0.1, 0.15) is 41.2 Å². The van der Waals surface area contributed by atoms with Crippen LogP contribution in [0.15, 0.2) is 48.8 Å². The van der Waals surface area contributed by atoms with Crippen LogP contribution in [0.2, 0.25) is 0 Å². The zero-order valence-electron chi connectivity index (χ0n) is 20.4. The number of aromatic nitrogens is 7. The smallest absolute Gasteiger partial charge is 0.389 e. The zero-order valence-corrected chi connectivity index (χ0v) is 20.4. The molecular formula is C25H20F3N9O. The monoisotopic (exact) mass is 519 g/mol. The minimum Gasteiger partial charge on any atom is -0.389 e. The molecule has 0 radical (unpaired) electrons. The van der Waals surface area contributed by atoms with Crippen LogP contribution in [-0.2, 0) is 6.18 Å². The van der Waals surface area contributed by atoms with E-state index in [0.29, 0.717) is 17.0 Å². The van der Waals surface area contributed by atoms with E-state index >= 15 is 0 Å². The maximum Gasteiger partial charge on any atom is 0.418 e. The van der Waals surface area contributed by atoms with Crippen molar-refractivity contribution in [3.63, 3.8) is 0 Å². The van der Waals surface area contributed by atoms with Gasteiger partial charge in [0.25, 0.3) is 0 Å². The summed E-state index contributed by atoms with van der Waals surface area (Å²) in [5.41, 5.74) is 1.12. The molecular weight excluding hydrogens is 499 g/mol. The van der Waals surface area contributed by atoms with E-state index in [2.05, 4.69) is 30.6 Å². The number of fused-ring (bicyclic) bond motifs is 1. The maximum atomic E-state index is 14.1. The predicted octanol–water partition coefficient (Wildman–Crippen LogP) is 4.70. The van der Waals surface area contributed by atoms with Crippen molar-refractivity contribution in [2.45, 2.75) is 33.1 Å². The van der Waals surface area contributed by atoms with Crippen molar-refractivity contribution in [2.24, 2.45) is 0 Å². The Labute approximate surface area is 214 Å². The topological polar surface area (TPSA) is 130 Å². The van der Waals surface area contributed by atoms with Gasteiger partial charge in [-0.05, 0) is 63.2 Å².